The predicted octanol–water partition coefficient (Wildman–Crippen LogP) is 3.39. The molecule has 0 unspecified atom stereocenters. The van der Waals surface area contributed by atoms with E-state index in [2.05, 4.69) is 20.3 Å². The Bertz CT molecular complexity index is 143. The molecule has 1 radical (unpaired) electrons. The van der Waals surface area contributed by atoms with Gasteiger partial charge in [-0.1, -0.05) is 26.2 Å². The zero-order valence-electron chi connectivity index (χ0n) is 8.34. The minimum absolute atomic E-state index is 0.652. The summed E-state index contributed by atoms with van der Waals surface area (Å²) in [6.45, 7) is 4.24. The molecule has 1 rings (SSSR count). The van der Waals surface area contributed by atoms with Gasteiger partial charge in [0.25, 0.3) is 0 Å². The predicted molar refractivity (Wildman–Crippen MR) is 54.6 cm³/mol. The Kier molecular flexibility index (Phi) is 4.34. The summed E-state index contributed by atoms with van der Waals surface area (Å²) in [7, 11) is 0. The fraction of sp³-hybridized carbons (Fsp3) is 0.818. The van der Waals surface area contributed by atoms with Crippen LogP contribution in [0.3, 0.4) is 0 Å². The van der Waals surface area contributed by atoms with Gasteiger partial charge < -0.3 is 0 Å². The number of rotatable bonds is 3. The lowest BCUT2D eigenvalue weighted by molar-refractivity contribution is 0.443. The standard InChI is InChI=1S/C11H20N/c1-3-7-10(2)12-11-8-5-4-6-9-11/h3,11H,4-9H2,1-2H3. The van der Waals surface area contributed by atoms with Crippen LogP contribution >= 0.6 is 0 Å². The second kappa shape index (κ2) is 5.34. The fourth-order valence-electron chi connectivity index (χ4n) is 1.87. The highest BCUT2D eigenvalue weighted by atomic mass is 14.8. The Morgan fingerprint density at radius 2 is 2.00 bits per heavy atom. The van der Waals surface area contributed by atoms with E-state index in [1.54, 1.807) is 0 Å². The van der Waals surface area contributed by atoms with Crippen molar-refractivity contribution in [1.29, 1.82) is 0 Å². The molecule has 0 spiro atoms. The summed E-state index contributed by atoms with van der Waals surface area (Å²) < 4.78 is 0. The van der Waals surface area contributed by atoms with E-state index in [4.69, 9.17) is 4.99 Å². The third kappa shape index (κ3) is 3.38. The van der Waals surface area contributed by atoms with Gasteiger partial charge in [-0.3, -0.25) is 4.99 Å². The normalized spacial score (nSPS) is 21.3. The summed E-state index contributed by atoms with van der Waals surface area (Å²) in [5, 5.41) is 0. The van der Waals surface area contributed by atoms with Crippen molar-refractivity contribution in [2.45, 2.75) is 58.4 Å². The SMILES string of the molecule is C[CH]CC(C)=NC1CCCCC1. The van der Waals surface area contributed by atoms with E-state index in [0.29, 0.717) is 6.04 Å². The van der Waals surface area contributed by atoms with Crippen LogP contribution < -0.4 is 0 Å². The molecule has 0 saturated heterocycles. The molecular weight excluding hydrogens is 146 g/mol. The van der Waals surface area contributed by atoms with Gasteiger partial charge in [0.2, 0.25) is 0 Å². The first-order valence-electron chi connectivity index (χ1n) is 5.14. The summed E-state index contributed by atoms with van der Waals surface area (Å²) in [6, 6.07) is 0.652. The third-order valence-corrected chi connectivity index (χ3v) is 2.48. The van der Waals surface area contributed by atoms with Gasteiger partial charge in [-0.05, 0) is 32.6 Å². The average Bonchev–Trinajstić information content (AvgIpc) is 2.06. The van der Waals surface area contributed by atoms with Crippen LogP contribution in [0.1, 0.15) is 52.4 Å². The molecule has 69 valence electrons. The number of hydrogen-bond donors (Lipinski definition) is 0. The van der Waals surface area contributed by atoms with E-state index >= 15 is 0 Å². The van der Waals surface area contributed by atoms with Crippen LogP contribution in [-0.4, -0.2) is 11.8 Å². The van der Waals surface area contributed by atoms with Crippen LogP contribution in [-0.2, 0) is 0 Å². The molecule has 0 atom stereocenters. The topological polar surface area (TPSA) is 12.4 Å². The second-order valence-electron chi connectivity index (χ2n) is 3.77. The van der Waals surface area contributed by atoms with Gasteiger partial charge in [0.05, 0.1) is 0 Å². The van der Waals surface area contributed by atoms with Crippen molar-refractivity contribution < 1.29 is 0 Å². The molecule has 1 saturated carbocycles. The van der Waals surface area contributed by atoms with Gasteiger partial charge in [0.15, 0.2) is 0 Å². The highest BCUT2D eigenvalue weighted by Crippen LogP contribution is 2.20. The van der Waals surface area contributed by atoms with E-state index in [1.807, 2.05) is 0 Å². The van der Waals surface area contributed by atoms with Crippen LogP contribution in [0, 0.1) is 6.42 Å². The Hall–Kier alpha value is -0.330. The van der Waals surface area contributed by atoms with Gasteiger partial charge in [0.1, 0.15) is 0 Å². The molecule has 1 heteroatoms. The summed E-state index contributed by atoms with van der Waals surface area (Å²) in [4.78, 5) is 4.71. The van der Waals surface area contributed by atoms with Crippen LogP contribution in [0.2, 0.25) is 0 Å². The molecule has 0 aromatic heterocycles. The Balaban J connectivity index is 2.31. The molecule has 0 aromatic rings. The monoisotopic (exact) mass is 166 g/mol. The lowest BCUT2D eigenvalue weighted by atomic mass is 9.96. The second-order valence-corrected chi connectivity index (χ2v) is 3.77. The molecular formula is C11H20N. The highest BCUT2D eigenvalue weighted by molar-refractivity contribution is 5.82. The molecule has 0 bridgehead atoms. The maximum atomic E-state index is 4.71. The van der Waals surface area contributed by atoms with Crippen molar-refractivity contribution in [1.82, 2.24) is 0 Å². The van der Waals surface area contributed by atoms with Gasteiger partial charge in [-0.15, -0.1) is 0 Å². The first kappa shape index (κ1) is 9.76. The minimum Gasteiger partial charge on any atom is -0.291 e. The smallest absolute Gasteiger partial charge is 0.0498 e. The van der Waals surface area contributed by atoms with Crippen LogP contribution in [0.4, 0.5) is 0 Å². The van der Waals surface area contributed by atoms with E-state index in [1.165, 1.54) is 37.8 Å². The zero-order valence-corrected chi connectivity index (χ0v) is 8.34. The zero-order chi connectivity index (χ0) is 8.81. The van der Waals surface area contributed by atoms with Crippen molar-refractivity contribution in [3.8, 4) is 0 Å². The number of aliphatic imine (C=N–C) groups is 1. The molecule has 0 N–H and O–H groups in total. The molecule has 0 amide bonds. The van der Waals surface area contributed by atoms with E-state index < -0.39 is 0 Å². The van der Waals surface area contributed by atoms with Gasteiger partial charge >= 0.3 is 0 Å². The molecule has 0 aliphatic heterocycles. The van der Waals surface area contributed by atoms with Crippen molar-refractivity contribution in [2.75, 3.05) is 0 Å². The third-order valence-electron chi connectivity index (χ3n) is 2.48. The maximum absolute atomic E-state index is 4.71. The van der Waals surface area contributed by atoms with Gasteiger partial charge in [-0.2, -0.15) is 0 Å². The fourth-order valence-corrected chi connectivity index (χ4v) is 1.87. The highest BCUT2D eigenvalue weighted by Gasteiger charge is 2.11. The molecule has 0 heterocycles. The van der Waals surface area contributed by atoms with E-state index in [0.717, 1.165) is 6.42 Å². The van der Waals surface area contributed by atoms with E-state index in [9.17, 15) is 0 Å². The largest absolute Gasteiger partial charge is 0.291 e. The Morgan fingerprint density at radius 1 is 1.33 bits per heavy atom. The molecule has 1 nitrogen and oxygen atoms in total. The van der Waals surface area contributed by atoms with Gasteiger partial charge in [-0.25, -0.2) is 0 Å². The van der Waals surface area contributed by atoms with Crippen LogP contribution in [0.5, 0.6) is 0 Å². The quantitative estimate of drug-likeness (QED) is 0.570. The molecule has 1 aliphatic rings. The minimum atomic E-state index is 0.652. The summed E-state index contributed by atoms with van der Waals surface area (Å²) >= 11 is 0. The molecule has 0 aromatic carbocycles. The first-order chi connectivity index (χ1) is 5.83. The van der Waals surface area contributed by atoms with Gasteiger partial charge in [0, 0.05) is 11.8 Å². The maximum Gasteiger partial charge on any atom is 0.0498 e. The Morgan fingerprint density at radius 3 is 2.58 bits per heavy atom. The first-order valence-corrected chi connectivity index (χ1v) is 5.14. The lowest BCUT2D eigenvalue weighted by Crippen LogP contribution is -2.11. The summed E-state index contributed by atoms with van der Waals surface area (Å²) in [6.07, 6.45) is 10.1. The average molecular weight is 166 g/mol. The summed E-state index contributed by atoms with van der Waals surface area (Å²) in [5.74, 6) is 0. The van der Waals surface area contributed by atoms with Crippen molar-refractivity contribution in [2.24, 2.45) is 4.99 Å². The van der Waals surface area contributed by atoms with Crippen molar-refractivity contribution >= 4 is 5.71 Å². The molecule has 1 fully saturated rings. The molecule has 12 heavy (non-hydrogen) atoms. The van der Waals surface area contributed by atoms with Crippen LogP contribution in [0.25, 0.3) is 0 Å². The number of nitrogens with zero attached hydrogens (tertiary/aromatic N) is 1. The lowest BCUT2D eigenvalue weighted by Gasteiger charge is -2.18. The summed E-state index contributed by atoms with van der Waals surface area (Å²) in [5.41, 5.74) is 1.31. The van der Waals surface area contributed by atoms with Crippen molar-refractivity contribution in [3.63, 3.8) is 0 Å². The van der Waals surface area contributed by atoms with Crippen molar-refractivity contribution in [3.05, 3.63) is 6.42 Å². The number of hydrogen-bond acceptors (Lipinski definition) is 1. The molecule has 1 aliphatic carbocycles. The van der Waals surface area contributed by atoms with Crippen LogP contribution in [0.15, 0.2) is 4.99 Å². The Labute approximate surface area is 76.3 Å². The van der Waals surface area contributed by atoms with E-state index in [-0.39, 0.29) is 0 Å².